The number of hydrogen-bond acceptors (Lipinski definition) is 2. The molecule has 3 nitrogen and oxygen atoms in total. The number of halogens is 2. The average molecular weight is 321 g/mol. The largest absolute Gasteiger partial charge is 0.325 e. The van der Waals surface area contributed by atoms with Gasteiger partial charge in [-0.3, -0.25) is 10.1 Å². The predicted octanol–water partition coefficient (Wildman–Crippen LogP) is 4.16. The van der Waals surface area contributed by atoms with Gasteiger partial charge in [0.15, 0.2) is 0 Å². The predicted molar refractivity (Wildman–Crippen MR) is 87.5 cm³/mol. The second-order valence-corrected chi connectivity index (χ2v) is 5.55. The molecule has 0 unspecified atom stereocenters. The van der Waals surface area contributed by atoms with Gasteiger partial charge in [0, 0.05) is 11.7 Å². The van der Waals surface area contributed by atoms with Gasteiger partial charge in [-0.2, -0.15) is 0 Å². The molecule has 0 fully saturated rings. The first-order valence-electron chi connectivity index (χ1n) is 7.04. The van der Waals surface area contributed by atoms with Crippen molar-refractivity contribution in [2.75, 3.05) is 5.32 Å². The second-order valence-electron chi connectivity index (χ2n) is 5.14. The van der Waals surface area contributed by atoms with Crippen molar-refractivity contribution in [2.24, 2.45) is 0 Å². The van der Waals surface area contributed by atoms with Crippen molar-refractivity contribution < 1.29 is 9.18 Å². The van der Waals surface area contributed by atoms with Crippen LogP contribution in [0.25, 0.3) is 0 Å². The van der Waals surface area contributed by atoms with Gasteiger partial charge in [-0.05, 0) is 37.6 Å². The molecule has 0 aliphatic rings. The van der Waals surface area contributed by atoms with E-state index in [2.05, 4.69) is 10.6 Å². The molecule has 22 heavy (non-hydrogen) atoms. The van der Waals surface area contributed by atoms with E-state index in [9.17, 15) is 9.18 Å². The van der Waals surface area contributed by atoms with Crippen molar-refractivity contribution in [1.29, 1.82) is 0 Å². The van der Waals surface area contributed by atoms with Gasteiger partial charge in [-0.25, -0.2) is 4.39 Å². The molecule has 0 radical (unpaired) electrons. The van der Waals surface area contributed by atoms with Crippen LogP contribution in [0.5, 0.6) is 0 Å². The molecule has 0 bridgehead atoms. The highest BCUT2D eigenvalue weighted by molar-refractivity contribution is 6.31. The van der Waals surface area contributed by atoms with Crippen molar-refractivity contribution in [1.82, 2.24) is 5.32 Å². The number of rotatable bonds is 5. The highest BCUT2D eigenvalue weighted by atomic mass is 35.5. The minimum Gasteiger partial charge on any atom is -0.325 e. The summed E-state index contributed by atoms with van der Waals surface area (Å²) in [6, 6.07) is 13.6. The standard InChI is InChI=1S/C17H18ClFN2O/c1-11(13-6-4-3-5-7-13)20-12(2)17(22)21-14-8-9-16(19)15(18)10-14/h3-12,20H,1-2H3,(H,21,22)/t11-,12+/m0/s1. The van der Waals surface area contributed by atoms with Gasteiger partial charge in [0.2, 0.25) is 5.91 Å². The van der Waals surface area contributed by atoms with Crippen LogP contribution < -0.4 is 10.6 Å². The minimum absolute atomic E-state index is 0.0175. The fraction of sp³-hybridized carbons (Fsp3) is 0.235. The van der Waals surface area contributed by atoms with E-state index in [1.54, 1.807) is 6.92 Å². The van der Waals surface area contributed by atoms with Crippen molar-refractivity contribution >= 4 is 23.2 Å². The Hall–Kier alpha value is -1.91. The van der Waals surface area contributed by atoms with E-state index in [4.69, 9.17) is 11.6 Å². The van der Waals surface area contributed by atoms with Crippen LogP contribution in [0, 0.1) is 5.82 Å². The molecule has 0 spiro atoms. The summed E-state index contributed by atoms with van der Waals surface area (Å²) < 4.78 is 13.1. The van der Waals surface area contributed by atoms with Crippen molar-refractivity contribution in [3.8, 4) is 0 Å². The van der Waals surface area contributed by atoms with E-state index in [0.717, 1.165) is 5.56 Å². The van der Waals surface area contributed by atoms with Gasteiger partial charge in [-0.15, -0.1) is 0 Å². The van der Waals surface area contributed by atoms with Crippen LogP contribution in [0.2, 0.25) is 5.02 Å². The first kappa shape index (κ1) is 16.5. The fourth-order valence-corrected chi connectivity index (χ4v) is 2.29. The first-order chi connectivity index (χ1) is 10.5. The molecule has 0 aromatic heterocycles. The van der Waals surface area contributed by atoms with Gasteiger partial charge < -0.3 is 5.32 Å². The maximum atomic E-state index is 13.1. The van der Waals surface area contributed by atoms with E-state index in [1.165, 1.54) is 18.2 Å². The number of nitrogens with one attached hydrogen (secondary N) is 2. The summed E-state index contributed by atoms with van der Waals surface area (Å²) >= 11 is 5.70. The van der Waals surface area contributed by atoms with Gasteiger partial charge in [0.05, 0.1) is 11.1 Å². The van der Waals surface area contributed by atoms with Crippen molar-refractivity contribution in [2.45, 2.75) is 25.9 Å². The van der Waals surface area contributed by atoms with Crippen LogP contribution in [0.1, 0.15) is 25.5 Å². The molecule has 2 N–H and O–H groups in total. The molecule has 5 heteroatoms. The minimum atomic E-state index is -0.511. The van der Waals surface area contributed by atoms with Crippen LogP contribution in [-0.4, -0.2) is 11.9 Å². The molecular formula is C17H18ClFN2O. The van der Waals surface area contributed by atoms with Gasteiger partial charge >= 0.3 is 0 Å². The Morgan fingerprint density at radius 1 is 1.14 bits per heavy atom. The molecule has 0 aliphatic carbocycles. The molecule has 116 valence electrons. The molecular weight excluding hydrogens is 303 g/mol. The quantitative estimate of drug-likeness (QED) is 0.868. The topological polar surface area (TPSA) is 41.1 Å². The van der Waals surface area contributed by atoms with E-state index < -0.39 is 11.9 Å². The Labute approximate surface area is 134 Å². The number of carbonyl (C=O) groups is 1. The SMILES string of the molecule is C[C@H](N[C@H](C)C(=O)Nc1ccc(F)c(Cl)c1)c1ccccc1. The van der Waals surface area contributed by atoms with Crippen LogP contribution in [0.15, 0.2) is 48.5 Å². The number of carbonyl (C=O) groups excluding carboxylic acids is 1. The normalized spacial score (nSPS) is 13.5. The summed E-state index contributed by atoms with van der Waals surface area (Å²) in [4.78, 5) is 12.2. The third-order valence-corrected chi connectivity index (χ3v) is 3.67. The third-order valence-electron chi connectivity index (χ3n) is 3.38. The zero-order valence-corrected chi connectivity index (χ0v) is 13.2. The lowest BCUT2D eigenvalue weighted by Crippen LogP contribution is -2.39. The summed E-state index contributed by atoms with van der Waals surface area (Å²) in [6.07, 6.45) is 0. The lowest BCUT2D eigenvalue weighted by atomic mass is 10.1. The Bertz CT molecular complexity index is 648. The Balaban J connectivity index is 1.95. The second kappa shape index (κ2) is 7.38. The Morgan fingerprint density at radius 3 is 2.45 bits per heavy atom. The third kappa shape index (κ3) is 4.29. The Kier molecular flexibility index (Phi) is 5.52. The molecule has 0 aliphatic heterocycles. The molecule has 2 aromatic rings. The molecule has 0 saturated carbocycles. The lowest BCUT2D eigenvalue weighted by Gasteiger charge is -2.20. The highest BCUT2D eigenvalue weighted by Crippen LogP contribution is 2.19. The maximum Gasteiger partial charge on any atom is 0.241 e. The van der Waals surface area contributed by atoms with Crippen molar-refractivity contribution in [3.05, 3.63) is 64.9 Å². The number of benzene rings is 2. The average Bonchev–Trinajstić information content (AvgIpc) is 2.51. The highest BCUT2D eigenvalue weighted by Gasteiger charge is 2.16. The van der Waals surface area contributed by atoms with Crippen LogP contribution >= 0.6 is 11.6 Å². The molecule has 1 amide bonds. The number of hydrogen-bond donors (Lipinski definition) is 2. The summed E-state index contributed by atoms with van der Waals surface area (Å²) in [5, 5.41) is 5.92. The lowest BCUT2D eigenvalue weighted by molar-refractivity contribution is -0.117. The van der Waals surface area contributed by atoms with E-state index >= 15 is 0 Å². The summed E-state index contributed by atoms with van der Waals surface area (Å²) in [7, 11) is 0. The zero-order valence-electron chi connectivity index (χ0n) is 12.4. The summed E-state index contributed by atoms with van der Waals surface area (Å²) in [6.45, 7) is 3.77. The maximum absolute atomic E-state index is 13.1. The Morgan fingerprint density at radius 2 is 1.82 bits per heavy atom. The van der Waals surface area contributed by atoms with Crippen LogP contribution in [-0.2, 0) is 4.79 Å². The monoisotopic (exact) mass is 320 g/mol. The molecule has 0 heterocycles. The first-order valence-corrected chi connectivity index (χ1v) is 7.42. The van der Waals surface area contributed by atoms with Crippen LogP contribution in [0.4, 0.5) is 10.1 Å². The van der Waals surface area contributed by atoms with E-state index in [-0.39, 0.29) is 17.0 Å². The molecule has 2 rings (SSSR count). The van der Waals surface area contributed by atoms with Gasteiger partial charge in [0.1, 0.15) is 5.82 Å². The zero-order chi connectivity index (χ0) is 16.1. The summed E-state index contributed by atoms with van der Waals surface area (Å²) in [5.41, 5.74) is 1.57. The van der Waals surface area contributed by atoms with Crippen LogP contribution in [0.3, 0.4) is 0 Å². The van der Waals surface area contributed by atoms with Gasteiger partial charge in [0.25, 0.3) is 0 Å². The van der Waals surface area contributed by atoms with Crippen molar-refractivity contribution in [3.63, 3.8) is 0 Å². The fourth-order valence-electron chi connectivity index (χ4n) is 2.11. The number of amides is 1. The molecule has 2 atom stereocenters. The molecule has 0 saturated heterocycles. The number of anilines is 1. The van der Waals surface area contributed by atoms with E-state index in [0.29, 0.717) is 5.69 Å². The van der Waals surface area contributed by atoms with E-state index in [1.807, 2.05) is 37.3 Å². The van der Waals surface area contributed by atoms with Gasteiger partial charge in [-0.1, -0.05) is 41.9 Å². The molecule has 2 aromatic carbocycles. The smallest absolute Gasteiger partial charge is 0.241 e. The summed E-state index contributed by atoms with van der Waals surface area (Å²) in [5.74, 6) is -0.714.